The van der Waals surface area contributed by atoms with Crippen LogP contribution in [-0.4, -0.2) is 16.2 Å². The molecule has 0 amide bonds. The van der Waals surface area contributed by atoms with Crippen molar-refractivity contribution in [2.45, 2.75) is 45.2 Å². The van der Waals surface area contributed by atoms with E-state index in [1.54, 1.807) is 0 Å². The second-order valence-electron chi connectivity index (χ2n) is 3.86. The molecule has 1 N–H and O–H groups in total. The van der Waals surface area contributed by atoms with Gasteiger partial charge < -0.3 is 9.84 Å². The molecule has 72 valence electrons. The monoisotopic (exact) mass is 181 g/mol. The SMILES string of the molecule is CC(C)c1noc(CNC2CC2)n1. The molecule has 0 spiro atoms. The number of aromatic nitrogens is 2. The minimum Gasteiger partial charge on any atom is -0.338 e. The summed E-state index contributed by atoms with van der Waals surface area (Å²) in [5.41, 5.74) is 0. The first kappa shape index (κ1) is 8.69. The van der Waals surface area contributed by atoms with Gasteiger partial charge in [0.2, 0.25) is 5.89 Å². The molecule has 1 aliphatic rings. The first-order chi connectivity index (χ1) is 6.25. The van der Waals surface area contributed by atoms with Crippen molar-refractivity contribution in [2.24, 2.45) is 0 Å². The highest BCUT2D eigenvalue weighted by Crippen LogP contribution is 2.19. The van der Waals surface area contributed by atoms with E-state index < -0.39 is 0 Å². The summed E-state index contributed by atoms with van der Waals surface area (Å²) in [6.45, 7) is 4.83. The minimum atomic E-state index is 0.346. The number of nitrogens with one attached hydrogen (secondary N) is 1. The third kappa shape index (κ3) is 2.28. The summed E-state index contributed by atoms with van der Waals surface area (Å²) in [5.74, 6) is 1.85. The fourth-order valence-corrected chi connectivity index (χ4v) is 1.09. The van der Waals surface area contributed by atoms with Crippen molar-refractivity contribution in [1.29, 1.82) is 0 Å². The summed E-state index contributed by atoms with van der Waals surface area (Å²) >= 11 is 0. The molecule has 1 aliphatic carbocycles. The topological polar surface area (TPSA) is 51.0 Å². The lowest BCUT2D eigenvalue weighted by Gasteiger charge is -1.95. The Hall–Kier alpha value is -0.900. The molecule has 0 radical (unpaired) electrons. The van der Waals surface area contributed by atoms with Crippen molar-refractivity contribution in [3.05, 3.63) is 11.7 Å². The predicted octanol–water partition coefficient (Wildman–Crippen LogP) is 1.45. The van der Waals surface area contributed by atoms with Gasteiger partial charge in [-0.05, 0) is 12.8 Å². The average Bonchev–Trinajstić information content (AvgIpc) is 2.79. The van der Waals surface area contributed by atoms with E-state index in [-0.39, 0.29) is 0 Å². The van der Waals surface area contributed by atoms with E-state index in [1.165, 1.54) is 12.8 Å². The first-order valence-corrected chi connectivity index (χ1v) is 4.81. The molecule has 1 aromatic heterocycles. The Morgan fingerprint density at radius 2 is 2.31 bits per heavy atom. The van der Waals surface area contributed by atoms with Gasteiger partial charge in [-0.25, -0.2) is 0 Å². The Morgan fingerprint density at radius 3 is 2.85 bits per heavy atom. The van der Waals surface area contributed by atoms with Crippen LogP contribution in [-0.2, 0) is 6.54 Å². The summed E-state index contributed by atoms with van der Waals surface area (Å²) < 4.78 is 5.08. The van der Waals surface area contributed by atoms with Gasteiger partial charge in [0.15, 0.2) is 5.82 Å². The summed E-state index contributed by atoms with van der Waals surface area (Å²) in [6, 6.07) is 0.689. The van der Waals surface area contributed by atoms with Crippen molar-refractivity contribution in [3.63, 3.8) is 0 Å². The van der Waals surface area contributed by atoms with Gasteiger partial charge in [0.1, 0.15) is 0 Å². The lowest BCUT2D eigenvalue weighted by molar-refractivity contribution is 0.361. The predicted molar refractivity (Wildman–Crippen MR) is 48.2 cm³/mol. The van der Waals surface area contributed by atoms with Crippen LogP contribution in [0.3, 0.4) is 0 Å². The Bertz CT molecular complexity index is 278. The van der Waals surface area contributed by atoms with E-state index in [4.69, 9.17) is 4.52 Å². The average molecular weight is 181 g/mol. The van der Waals surface area contributed by atoms with Gasteiger partial charge in [0, 0.05) is 12.0 Å². The number of nitrogens with zero attached hydrogens (tertiary/aromatic N) is 2. The van der Waals surface area contributed by atoms with Crippen molar-refractivity contribution in [2.75, 3.05) is 0 Å². The van der Waals surface area contributed by atoms with Crippen molar-refractivity contribution < 1.29 is 4.52 Å². The van der Waals surface area contributed by atoms with Crippen LogP contribution in [0, 0.1) is 0 Å². The van der Waals surface area contributed by atoms with Crippen LogP contribution in [0.4, 0.5) is 0 Å². The molecule has 0 atom stereocenters. The van der Waals surface area contributed by atoms with Crippen LogP contribution in [0.5, 0.6) is 0 Å². The summed E-state index contributed by atoms with van der Waals surface area (Å²) in [6.07, 6.45) is 2.57. The van der Waals surface area contributed by atoms with Crippen LogP contribution in [0.1, 0.15) is 44.3 Å². The molecule has 1 saturated carbocycles. The van der Waals surface area contributed by atoms with Gasteiger partial charge in [0.05, 0.1) is 6.54 Å². The van der Waals surface area contributed by atoms with E-state index in [0.717, 1.165) is 5.82 Å². The van der Waals surface area contributed by atoms with Crippen molar-refractivity contribution in [1.82, 2.24) is 15.5 Å². The van der Waals surface area contributed by atoms with E-state index in [2.05, 4.69) is 29.3 Å². The molecule has 13 heavy (non-hydrogen) atoms. The zero-order valence-corrected chi connectivity index (χ0v) is 8.08. The maximum Gasteiger partial charge on any atom is 0.240 e. The highest BCUT2D eigenvalue weighted by molar-refractivity contribution is 4.92. The molecule has 1 fully saturated rings. The normalized spacial score (nSPS) is 16.8. The molecule has 0 bridgehead atoms. The second-order valence-corrected chi connectivity index (χ2v) is 3.86. The first-order valence-electron chi connectivity index (χ1n) is 4.81. The van der Waals surface area contributed by atoms with Crippen LogP contribution >= 0.6 is 0 Å². The largest absolute Gasteiger partial charge is 0.338 e. The summed E-state index contributed by atoms with van der Waals surface area (Å²) in [5, 5.41) is 7.22. The van der Waals surface area contributed by atoms with Crippen molar-refractivity contribution in [3.8, 4) is 0 Å². The maximum atomic E-state index is 5.08. The highest BCUT2D eigenvalue weighted by Gasteiger charge is 2.21. The zero-order chi connectivity index (χ0) is 9.26. The third-order valence-electron chi connectivity index (χ3n) is 2.12. The molecular weight excluding hydrogens is 166 g/mol. The summed E-state index contributed by atoms with van der Waals surface area (Å²) in [4.78, 5) is 4.27. The molecule has 1 heterocycles. The molecular formula is C9H15N3O. The maximum absolute atomic E-state index is 5.08. The van der Waals surface area contributed by atoms with Gasteiger partial charge in [-0.15, -0.1) is 0 Å². The number of rotatable bonds is 4. The lowest BCUT2D eigenvalue weighted by atomic mass is 10.2. The molecule has 0 aliphatic heterocycles. The molecule has 4 heteroatoms. The van der Waals surface area contributed by atoms with E-state index in [1.807, 2.05) is 0 Å². The molecule has 1 aromatic rings. The molecule has 0 unspecified atom stereocenters. The highest BCUT2D eigenvalue weighted by atomic mass is 16.5. The lowest BCUT2D eigenvalue weighted by Crippen LogP contribution is -2.15. The third-order valence-corrected chi connectivity index (χ3v) is 2.12. The fraction of sp³-hybridized carbons (Fsp3) is 0.778. The molecule has 0 saturated heterocycles. The Labute approximate surface area is 77.7 Å². The number of hydrogen-bond donors (Lipinski definition) is 1. The smallest absolute Gasteiger partial charge is 0.240 e. The zero-order valence-electron chi connectivity index (χ0n) is 8.08. The molecule has 4 nitrogen and oxygen atoms in total. The molecule has 0 aromatic carbocycles. The number of hydrogen-bond acceptors (Lipinski definition) is 4. The Morgan fingerprint density at radius 1 is 1.54 bits per heavy atom. The van der Waals surface area contributed by atoms with Gasteiger partial charge in [-0.3, -0.25) is 0 Å². The second kappa shape index (κ2) is 3.46. The fourth-order valence-electron chi connectivity index (χ4n) is 1.09. The Kier molecular flexibility index (Phi) is 2.31. The van der Waals surface area contributed by atoms with E-state index >= 15 is 0 Å². The van der Waals surface area contributed by atoms with Crippen LogP contribution in [0.15, 0.2) is 4.52 Å². The van der Waals surface area contributed by atoms with Crippen molar-refractivity contribution >= 4 is 0 Å². The standard InChI is InChI=1S/C9H15N3O/c1-6(2)9-11-8(13-12-9)5-10-7-3-4-7/h6-7,10H,3-5H2,1-2H3. The Balaban J connectivity index is 1.88. The molecule has 2 rings (SSSR count). The van der Waals surface area contributed by atoms with Gasteiger partial charge >= 0.3 is 0 Å². The minimum absolute atomic E-state index is 0.346. The quantitative estimate of drug-likeness (QED) is 0.763. The van der Waals surface area contributed by atoms with Crippen LogP contribution in [0.25, 0.3) is 0 Å². The van der Waals surface area contributed by atoms with E-state index in [9.17, 15) is 0 Å². The van der Waals surface area contributed by atoms with Gasteiger partial charge in [-0.1, -0.05) is 19.0 Å². The van der Waals surface area contributed by atoms with Crippen LogP contribution in [0.2, 0.25) is 0 Å². The van der Waals surface area contributed by atoms with Crippen LogP contribution < -0.4 is 5.32 Å². The van der Waals surface area contributed by atoms with Gasteiger partial charge in [0.25, 0.3) is 0 Å². The van der Waals surface area contributed by atoms with Gasteiger partial charge in [-0.2, -0.15) is 4.98 Å². The summed E-state index contributed by atoms with van der Waals surface area (Å²) in [7, 11) is 0. The van der Waals surface area contributed by atoms with E-state index in [0.29, 0.717) is 24.4 Å².